The van der Waals surface area contributed by atoms with Crippen molar-refractivity contribution in [2.75, 3.05) is 14.2 Å². The van der Waals surface area contributed by atoms with Crippen LogP contribution in [0.3, 0.4) is 0 Å². The lowest BCUT2D eigenvalue weighted by atomic mass is 10.0. The fourth-order valence-electron chi connectivity index (χ4n) is 2.29. The van der Waals surface area contributed by atoms with Crippen molar-refractivity contribution >= 4 is 11.6 Å². The minimum Gasteiger partial charge on any atom is -0.497 e. The molecule has 0 aliphatic rings. The largest absolute Gasteiger partial charge is 0.497 e. The first-order valence-corrected chi connectivity index (χ1v) is 6.93. The van der Waals surface area contributed by atoms with E-state index in [1.54, 1.807) is 37.1 Å². The normalized spacial score (nSPS) is 12.3. The predicted octanol–water partition coefficient (Wildman–Crippen LogP) is 2.68. The second-order valence-corrected chi connectivity index (χ2v) is 5.18. The third kappa shape index (κ3) is 3.14. The van der Waals surface area contributed by atoms with Crippen LogP contribution in [0.5, 0.6) is 11.5 Å². The monoisotopic (exact) mass is 310 g/mol. The quantitative estimate of drug-likeness (QED) is 0.922. The van der Waals surface area contributed by atoms with E-state index >= 15 is 0 Å². The molecule has 0 bridgehead atoms. The Morgan fingerprint density at radius 2 is 2.05 bits per heavy atom. The molecule has 0 radical (unpaired) electrons. The molecule has 114 valence electrons. The first-order chi connectivity index (χ1) is 9.97. The van der Waals surface area contributed by atoms with Crippen LogP contribution >= 0.6 is 11.6 Å². The molecule has 2 aromatic rings. The van der Waals surface area contributed by atoms with Gasteiger partial charge in [0.05, 0.1) is 36.7 Å². The van der Waals surface area contributed by atoms with Gasteiger partial charge in [-0.25, -0.2) is 0 Å². The zero-order chi connectivity index (χ0) is 15.6. The summed E-state index contributed by atoms with van der Waals surface area (Å²) in [6.45, 7) is 1.84. The lowest BCUT2D eigenvalue weighted by molar-refractivity contribution is 0.171. The van der Waals surface area contributed by atoms with E-state index in [9.17, 15) is 5.11 Å². The van der Waals surface area contributed by atoms with Crippen LogP contribution in [-0.2, 0) is 13.5 Å². The molecule has 0 saturated heterocycles. The van der Waals surface area contributed by atoms with E-state index in [2.05, 4.69) is 5.10 Å². The molecule has 0 aliphatic carbocycles. The first kappa shape index (κ1) is 15.7. The van der Waals surface area contributed by atoms with Gasteiger partial charge in [-0.05, 0) is 19.1 Å². The van der Waals surface area contributed by atoms with Gasteiger partial charge in [-0.1, -0.05) is 11.6 Å². The predicted molar refractivity (Wildman–Crippen MR) is 81.2 cm³/mol. The van der Waals surface area contributed by atoms with Gasteiger partial charge in [-0.2, -0.15) is 5.10 Å². The third-order valence-corrected chi connectivity index (χ3v) is 3.94. The van der Waals surface area contributed by atoms with Gasteiger partial charge in [-0.15, -0.1) is 0 Å². The lowest BCUT2D eigenvalue weighted by Gasteiger charge is -2.16. The van der Waals surface area contributed by atoms with Crippen molar-refractivity contribution < 1.29 is 14.6 Å². The van der Waals surface area contributed by atoms with Crippen molar-refractivity contribution in [1.29, 1.82) is 0 Å². The fraction of sp³-hybridized carbons (Fsp3) is 0.400. The Morgan fingerprint density at radius 3 is 2.57 bits per heavy atom. The van der Waals surface area contributed by atoms with Gasteiger partial charge < -0.3 is 14.6 Å². The molecule has 1 N–H and O–H groups in total. The van der Waals surface area contributed by atoms with Crippen LogP contribution < -0.4 is 9.47 Å². The number of benzene rings is 1. The van der Waals surface area contributed by atoms with Crippen LogP contribution in [0.4, 0.5) is 0 Å². The minimum atomic E-state index is -0.738. The summed E-state index contributed by atoms with van der Waals surface area (Å²) in [4.78, 5) is 0. The molecule has 1 aromatic heterocycles. The highest BCUT2D eigenvalue weighted by molar-refractivity contribution is 6.31. The van der Waals surface area contributed by atoms with Crippen LogP contribution in [-0.4, -0.2) is 29.1 Å². The number of ether oxygens (including phenoxy) is 2. The van der Waals surface area contributed by atoms with Gasteiger partial charge >= 0.3 is 0 Å². The third-order valence-electron chi connectivity index (χ3n) is 3.45. The molecule has 1 aromatic carbocycles. The summed E-state index contributed by atoms with van der Waals surface area (Å²) in [7, 11) is 4.96. The van der Waals surface area contributed by atoms with E-state index in [1.807, 2.05) is 14.0 Å². The van der Waals surface area contributed by atoms with Crippen molar-refractivity contribution in [1.82, 2.24) is 9.78 Å². The number of aryl methyl sites for hydroxylation is 2. The SMILES string of the molecule is COc1ccc(C(O)Cc2c(Cl)c(C)nn2C)c(OC)c1. The van der Waals surface area contributed by atoms with Crippen LogP contribution in [0.2, 0.25) is 5.02 Å². The highest BCUT2D eigenvalue weighted by Gasteiger charge is 2.19. The molecule has 1 heterocycles. The Hall–Kier alpha value is -1.72. The summed E-state index contributed by atoms with van der Waals surface area (Å²) in [5, 5.41) is 15.3. The Labute approximate surface area is 129 Å². The van der Waals surface area contributed by atoms with Crippen LogP contribution in [0.25, 0.3) is 0 Å². The fourth-order valence-corrected chi connectivity index (χ4v) is 2.53. The Balaban J connectivity index is 2.30. The number of aromatic nitrogens is 2. The molecular formula is C15H19ClN2O3. The summed E-state index contributed by atoms with van der Waals surface area (Å²) in [6.07, 6.45) is -0.378. The zero-order valence-electron chi connectivity index (χ0n) is 12.6. The first-order valence-electron chi connectivity index (χ1n) is 6.55. The smallest absolute Gasteiger partial charge is 0.128 e. The number of hydrogen-bond donors (Lipinski definition) is 1. The summed E-state index contributed by atoms with van der Waals surface area (Å²) in [5.74, 6) is 1.26. The second kappa shape index (κ2) is 6.37. The maximum atomic E-state index is 10.5. The summed E-state index contributed by atoms with van der Waals surface area (Å²) >= 11 is 6.22. The van der Waals surface area contributed by atoms with Gasteiger partial charge in [0, 0.05) is 25.1 Å². The maximum Gasteiger partial charge on any atom is 0.128 e. The van der Waals surface area contributed by atoms with Crippen LogP contribution in [0.1, 0.15) is 23.1 Å². The Kier molecular flexibility index (Phi) is 4.75. The van der Waals surface area contributed by atoms with E-state index in [0.717, 1.165) is 11.4 Å². The number of methoxy groups -OCH3 is 2. The number of nitrogens with zero attached hydrogens (tertiary/aromatic N) is 2. The van der Waals surface area contributed by atoms with Crippen molar-refractivity contribution in [3.8, 4) is 11.5 Å². The standard InChI is InChI=1S/C15H19ClN2O3/c1-9-15(16)12(18(2)17-9)8-13(19)11-6-5-10(20-3)7-14(11)21-4/h5-7,13,19H,8H2,1-4H3. The van der Waals surface area contributed by atoms with Crippen LogP contribution in [0, 0.1) is 6.92 Å². The topological polar surface area (TPSA) is 56.5 Å². The number of hydrogen-bond acceptors (Lipinski definition) is 4. The summed E-state index contributed by atoms with van der Waals surface area (Å²) in [5.41, 5.74) is 2.23. The molecule has 1 atom stereocenters. The number of halogens is 1. The molecule has 0 fully saturated rings. The average Bonchev–Trinajstić information content (AvgIpc) is 2.72. The molecular weight excluding hydrogens is 292 g/mol. The maximum absolute atomic E-state index is 10.5. The van der Waals surface area contributed by atoms with Crippen LogP contribution in [0.15, 0.2) is 18.2 Å². The summed E-state index contributed by atoms with van der Waals surface area (Å²) < 4.78 is 12.2. The highest BCUT2D eigenvalue weighted by atomic mass is 35.5. The molecule has 2 rings (SSSR count). The Morgan fingerprint density at radius 1 is 1.33 bits per heavy atom. The highest BCUT2D eigenvalue weighted by Crippen LogP contribution is 2.32. The molecule has 5 nitrogen and oxygen atoms in total. The van der Waals surface area contributed by atoms with Gasteiger partial charge in [0.15, 0.2) is 0 Å². The van der Waals surface area contributed by atoms with Crippen molar-refractivity contribution in [3.05, 3.63) is 40.2 Å². The molecule has 0 amide bonds. The van der Waals surface area contributed by atoms with Gasteiger partial charge in [0.25, 0.3) is 0 Å². The van der Waals surface area contributed by atoms with Gasteiger partial charge in [-0.3, -0.25) is 4.68 Å². The lowest BCUT2D eigenvalue weighted by Crippen LogP contribution is -2.08. The van der Waals surface area contributed by atoms with Crippen molar-refractivity contribution in [3.63, 3.8) is 0 Å². The minimum absolute atomic E-state index is 0.360. The second-order valence-electron chi connectivity index (χ2n) is 4.80. The summed E-state index contributed by atoms with van der Waals surface area (Å²) in [6, 6.07) is 5.32. The van der Waals surface area contributed by atoms with E-state index in [-0.39, 0.29) is 0 Å². The van der Waals surface area contributed by atoms with Gasteiger partial charge in [0.2, 0.25) is 0 Å². The van der Waals surface area contributed by atoms with E-state index in [1.165, 1.54) is 0 Å². The van der Waals surface area contributed by atoms with E-state index in [0.29, 0.717) is 28.5 Å². The zero-order valence-corrected chi connectivity index (χ0v) is 13.3. The van der Waals surface area contributed by atoms with Gasteiger partial charge in [0.1, 0.15) is 11.5 Å². The molecule has 1 unspecified atom stereocenters. The number of aliphatic hydroxyl groups is 1. The molecule has 0 aliphatic heterocycles. The molecule has 21 heavy (non-hydrogen) atoms. The molecule has 6 heteroatoms. The number of aliphatic hydroxyl groups excluding tert-OH is 1. The van der Waals surface area contributed by atoms with E-state index < -0.39 is 6.10 Å². The average molecular weight is 311 g/mol. The molecule has 0 saturated carbocycles. The Bertz CT molecular complexity index is 640. The van der Waals surface area contributed by atoms with Crippen molar-refractivity contribution in [2.45, 2.75) is 19.4 Å². The molecule has 0 spiro atoms. The van der Waals surface area contributed by atoms with E-state index in [4.69, 9.17) is 21.1 Å². The number of rotatable bonds is 5. The van der Waals surface area contributed by atoms with Crippen molar-refractivity contribution in [2.24, 2.45) is 7.05 Å².